The first-order valence-corrected chi connectivity index (χ1v) is 6.22. The number of rotatable bonds is 4. The molecule has 0 bridgehead atoms. The summed E-state index contributed by atoms with van der Waals surface area (Å²) in [5, 5.41) is 6.54. The van der Waals surface area contributed by atoms with E-state index in [1.54, 1.807) is 6.07 Å². The summed E-state index contributed by atoms with van der Waals surface area (Å²) in [5.41, 5.74) is -0.113. The number of carbonyl (C=O) groups excluding carboxylic acids is 1. The quantitative estimate of drug-likeness (QED) is 0.844. The molecule has 1 N–H and O–H groups in total. The minimum Gasteiger partial charge on any atom is -0.359 e. The number of alkyl halides is 1. The van der Waals surface area contributed by atoms with E-state index in [1.165, 1.54) is 0 Å². The minimum absolute atomic E-state index is 0.0839. The summed E-state index contributed by atoms with van der Waals surface area (Å²) in [5.74, 6) is 1.47. The molecule has 0 saturated carbocycles. The standard InChI is InChI=1S/C12H19ClN2O2/c1-8(5-6-13)11(16)14-10-7-9(17-15-10)12(2,3)4/h7-8H,5-6H2,1-4H3,(H,14,15,16). The van der Waals surface area contributed by atoms with Crippen molar-refractivity contribution in [2.24, 2.45) is 5.92 Å². The van der Waals surface area contributed by atoms with Crippen LogP contribution < -0.4 is 5.32 Å². The maximum atomic E-state index is 11.7. The molecule has 1 atom stereocenters. The molecule has 0 aliphatic heterocycles. The first-order chi connectivity index (χ1) is 7.84. The van der Waals surface area contributed by atoms with Crippen LogP contribution in [0.3, 0.4) is 0 Å². The summed E-state index contributed by atoms with van der Waals surface area (Å²) in [6.45, 7) is 7.90. The zero-order valence-corrected chi connectivity index (χ0v) is 11.5. The van der Waals surface area contributed by atoms with Gasteiger partial charge in [0.05, 0.1) is 0 Å². The highest BCUT2D eigenvalue weighted by Gasteiger charge is 2.21. The molecule has 0 radical (unpaired) electrons. The van der Waals surface area contributed by atoms with E-state index in [9.17, 15) is 4.79 Å². The molecule has 0 aliphatic rings. The van der Waals surface area contributed by atoms with Gasteiger partial charge in [0.2, 0.25) is 5.91 Å². The Hall–Kier alpha value is -1.03. The van der Waals surface area contributed by atoms with Crippen molar-refractivity contribution in [1.29, 1.82) is 0 Å². The van der Waals surface area contributed by atoms with Gasteiger partial charge in [-0.1, -0.05) is 32.9 Å². The maximum Gasteiger partial charge on any atom is 0.228 e. The fourth-order valence-electron chi connectivity index (χ4n) is 1.23. The van der Waals surface area contributed by atoms with Gasteiger partial charge >= 0.3 is 0 Å². The highest BCUT2D eigenvalue weighted by molar-refractivity contribution is 6.18. The second-order valence-electron chi connectivity index (χ2n) is 5.19. The third kappa shape index (κ3) is 4.04. The van der Waals surface area contributed by atoms with E-state index in [1.807, 2.05) is 27.7 Å². The van der Waals surface area contributed by atoms with Crippen LogP contribution in [0, 0.1) is 5.92 Å². The lowest BCUT2D eigenvalue weighted by molar-refractivity contribution is -0.119. The topological polar surface area (TPSA) is 55.1 Å². The summed E-state index contributed by atoms with van der Waals surface area (Å²) < 4.78 is 5.18. The van der Waals surface area contributed by atoms with Crippen LogP contribution in [0.1, 0.15) is 39.9 Å². The van der Waals surface area contributed by atoms with Crippen molar-refractivity contribution < 1.29 is 9.32 Å². The second kappa shape index (κ2) is 5.54. The molecule has 1 unspecified atom stereocenters. The van der Waals surface area contributed by atoms with Crippen LogP contribution >= 0.6 is 11.6 Å². The summed E-state index contributed by atoms with van der Waals surface area (Å²) >= 11 is 5.59. The van der Waals surface area contributed by atoms with Crippen LogP contribution in [0.25, 0.3) is 0 Å². The maximum absolute atomic E-state index is 11.7. The largest absolute Gasteiger partial charge is 0.359 e. The first-order valence-electron chi connectivity index (χ1n) is 5.68. The van der Waals surface area contributed by atoms with Gasteiger partial charge in [-0.25, -0.2) is 0 Å². The normalized spacial score (nSPS) is 13.5. The number of aromatic nitrogens is 1. The molecular weight excluding hydrogens is 240 g/mol. The molecule has 0 aromatic carbocycles. The van der Waals surface area contributed by atoms with Gasteiger partial charge in [0.25, 0.3) is 0 Å². The van der Waals surface area contributed by atoms with Crippen LogP contribution in [0.2, 0.25) is 0 Å². The number of nitrogens with zero attached hydrogens (tertiary/aromatic N) is 1. The number of halogens is 1. The van der Waals surface area contributed by atoms with Crippen molar-refractivity contribution >= 4 is 23.3 Å². The predicted molar refractivity (Wildman–Crippen MR) is 68.3 cm³/mol. The molecule has 1 amide bonds. The number of nitrogens with one attached hydrogen (secondary N) is 1. The van der Waals surface area contributed by atoms with E-state index in [-0.39, 0.29) is 17.2 Å². The van der Waals surface area contributed by atoms with Gasteiger partial charge in [-0.2, -0.15) is 0 Å². The van der Waals surface area contributed by atoms with Crippen LogP contribution in [0.15, 0.2) is 10.6 Å². The Morgan fingerprint density at radius 3 is 2.71 bits per heavy atom. The molecule has 1 rings (SSSR count). The van der Waals surface area contributed by atoms with Gasteiger partial charge < -0.3 is 9.84 Å². The molecule has 1 aromatic rings. The van der Waals surface area contributed by atoms with E-state index >= 15 is 0 Å². The van der Waals surface area contributed by atoms with Gasteiger partial charge in [-0.3, -0.25) is 4.79 Å². The molecule has 1 heterocycles. The van der Waals surface area contributed by atoms with Crippen LogP contribution in [-0.4, -0.2) is 16.9 Å². The third-order valence-corrected chi connectivity index (χ3v) is 2.71. The highest BCUT2D eigenvalue weighted by atomic mass is 35.5. The lowest BCUT2D eigenvalue weighted by atomic mass is 9.93. The smallest absolute Gasteiger partial charge is 0.228 e. The van der Waals surface area contributed by atoms with Gasteiger partial charge in [-0.05, 0) is 6.42 Å². The number of hydrogen-bond acceptors (Lipinski definition) is 3. The number of carbonyl (C=O) groups is 1. The number of amides is 1. The van der Waals surface area contributed by atoms with Crippen LogP contribution in [-0.2, 0) is 10.2 Å². The Balaban J connectivity index is 2.64. The van der Waals surface area contributed by atoms with Crippen molar-refractivity contribution in [3.8, 4) is 0 Å². The van der Waals surface area contributed by atoms with E-state index in [4.69, 9.17) is 16.1 Å². The molecule has 0 fully saturated rings. The van der Waals surface area contributed by atoms with Crippen molar-refractivity contribution in [2.45, 2.75) is 39.5 Å². The van der Waals surface area contributed by atoms with Crippen molar-refractivity contribution in [3.63, 3.8) is 0 Å². The van der Waals surface area contributed by atoms with Gasteiger partial charge in [0, 0.05) is 23.3 Å². The summed E-state index contributed by atoms with van der Waals surface area (Å²) in [6.07, 6.45) is 0.650. The summed E-state index contributed by atoms with van der Waals surface area (Å²) in [6, 6.07) is 1.76. The SMILES string of the molecule is CC(CCCl)C(=O)Nc1cc(C(C)(C)C)on1. The van der Waals surface area contributed by atoms with Gasteiger partial charge in [0.15, 0.2) is 5.82 Å². The molecule has 0 aliphatic carbocycles. The fourth-order valence-corrected chi connectivity index (χ4v) is 1.56. The van der Waals surface area contributed by atoms with Gasteiger partial charge in [0.1, 0.15) is 5.76 Å². The molecule has 17 heavy (non-hydrogen) atoms. The number of anilines is 1. The van der Waals surface area contributed by atoms with Crippen molar-refractivity contribution in [3.05, 3.63) is 11.8 Å². The van der Waals surface area contributed by atoms with E-state index in [0.717, 1.165) is 5.76 Å². The Morgan fingerprint density at radius 1 is 1.59 bits per heavy atom. The van der Waals surface area contributed by atoms with Crippen LogP contribution in [0.4, 0.5) is 5.82 Å². The zero-order valence-electron chi connectivity index (χ0n) is 10.7. The number of hydrogen-bond donors (Lipinski definition) is 1. The molecule has 1 aromatic heterocycles. The minimum atomic E-state index is -0.123. The lowest BCUT2D eigenvalue weighted by Crippen LogP contribution is -2.20. The first kappa shape index (κ1) is 14.0. The van der Waals surface area contributed by atoms with Crippen LogP contribution in [0.5, 0.6) is 0 Å². The Bertz CT molecular complexity index is 382. The molecule has 5 heteroatoms. The zero-order chi connectivity index (χ0) is 13.1. The average molecular weight is 259 g/mol. The molecule has 0 spiro atoms. The third-order valence-electron chi connectivity index (χ3n) is 2.49. The Labute approximate surface area is 107 Å². The fraction of sp³-hybridized carbons (Fsp3) is 0.667. The van der Waals surface area contributed by atoms with E-state index in [0.29, 0.717) is 18.1 Å². The monoisotopic (exact) mass is 258 g/mol. The highest BCUT2D eigenvalue weighted by Crippen LogP contribution is 2.24. The second-order valence-corrected chi connectivity index (χ2v) is 5.57. The summed E-state index contributed by atoms with van der Waals surface area (Å²) in [4.78, 5) is 11.7. The van der Waals surface area contributed by atoms with E-state index in [2.05, 4.69) is 10.5 Å². The Morgan fingerprint density at radius 2 is 2.24 bits per heavy atom. The van der Waals surface area contributed by atoms with Crippen molar-refractivity contribution in [2.75, 3.05) is 11.2 Å². The molecule has 96 valence electrons. The lowest BCUT2D eigenvalue weighted by Gasteiger charge is -2.12. The molecular formula is C12H19ClN2O2. The Kier molecular flexibility index (Phi) is 4.57. The van der Waals surface area contributed by atoms with Gasteiger partial charge in [-0.15, -0.1) is 11.6 Å². The van der Waals surface area contributed by atoms with Crippen molar-refractivity contribution in [1.82, 2.24) is 5.16 Å². The summed E-state index contributed by atoms with van der Waals surface area (Å²) in [7, 11) is 0. The average Bonchev–Trinajstić information content (AvgIpc) is 2.66. The molecule has 4 nitrogen and oxygen atoms in total. The predicted octanol–water partition coefficient (Wildman–Crippen LogP) is 3.18. The molecule has 0 saturated heterocycles. The van der Waals surface area contributed by atoms with E-state index < -0.39 is 0 Å².